The monoisotopic (exact) mass is 246 g/mol. The Kier molecular flexibility index (Phi) is 3.77. The fourth-order valence-electron chi connectivity index (χ4n) is 1.12. The standard InChI is InChI=1S/C9H11ClN2O2S/c1-3-4-5-6-12-7-9(11-8(12)2)15(10,13)14/h7H,5-6H2,1-2H3. The minimum Gasteiger partial charge on any atom is -0.333 e. The van der Waals surface area contributed by atoms with Crippen molar-refractivity contribution >= 4 is 19.7 Å². The Morgan fingerprint density at radius 3 is 2.73 bits per heavy atom. The zero-order chi connectivity index (χ0) is 11.5. The molecule has 0 bridgehead atoms. The second-order valence-electron chi connectivity index (χ2n) is 2.93. The highest BCUT2D eigenvalue weighted by molar-refractivity contribution is 8.13. The Bertz CT molecular complexity index is 508. The van der Waals surface area contributed by atoms with Crippen molar-refractivity contribution in [3.8, 4) is 11.8 Å². The summed E-state index contributed by atoms with van der Waals surface area (Å²) in [5.41, 5.74) is 0. The van der Waals surface area contributed by atoms with Gasteiger partial charge in [0.2, 0.25) is 0 Å². The molecule has 4 nitrogen and oxygen atoms in total. The average Bonchev–Trinajstić information content (AvgIpc) is 2.48. The maximum atomic E-state index is 11.0. The van der Waals surface area contributed by atoms with Crippen molar-refractivity contribution in [1.82, 2.24) is 9.55 Å². The van der Waals surface area contributed by atoms with Gasteiger partial charge in [-0.05, 0) is 13.8 Å². The van der Waals surface area contributed by atoms with Gasteiger partial charge in [-0.15, -0.1) is 11.8 Å². The number of hydrogen-bond acceptors (Lipinski definition) is 3. The maximum absolute atomic E-state index is 11.0. The lowest BCUT2D eigenvalue weighted by molar-refractivity contribution is 0.606. The molecule has 0 saturated carbocycles. The molecule has 1 aromatic rings. The van der Waals surface area contributed by atoms with Gasteiger partial charge in [-0.2, -0.15) is 0 Å². The largest absolute Gasteiger partial charge is 0.333 e. The van der Waals surface area contributed by atoms with Gasteiger partial charge in [0.1, 0.15) is 5.82 Å². The van der Waals surface area contributed by atoms with Gasteiger partial charge in [-0.1, -0.05) is 0 Å². The number of rotatable bonds is 3. The predicted octanol–water partition coefficient (Wildman–Crippen LogP) is 1.53. The van der Waals surface area contributed by atoms with E-state index in [9.17, 15) is 8.42 Å². The molecule has 0 atom stereocenters. The smallest absolute Gasteiger partial charge is 0.280 e. The van der Waals surface area contributed by atoms with Crippen LogP contribution in [0.5, 0.6) is 0 Å². The molecule has 1 rings (SSSR count). The zero-order valence-corrected chi connectivity index (χ0v) is 10.1. The molecule has 82 valence electrons. The van der Waals surface area contributed by atoms with E-state index in [1.165, 1.54) is 6.20 Å². The lowest BCUT2D eigenvalue weighted by Crippen LogP contribution is -1.97. The topological polar surface area (TPSA) is 52.0 Å². The van der Waals surface area contributed by atoms with Crippen LogP contribution >= 0.6 is 10.7 Å². The van der Waals surface area contributed by atoms with Crippen molar-refractivity contribution in [2.75, 3.05) is 0 Å². The molecule has 0 saturated heterocycles. The lowest BCUT2D eigenvalue weighted by atomic mass is 10.4. The summed E-state index contributed by atoms with van der Waals surface area (Å²) in [4.78, 5) is 3.86. The summed E-state index contributed by atoms with van der Waals surface area (Å²) in [5, 5.41) is -0.105. The number of halogens is 1. The number of imidazole rings is 1. The molecular weight excluding hydrogens is 236 g/mol. The summed E-state index contributed by atoms with van der Waals surface area (Å²) in [5.74, 6) is 6.28. The van der Waals surface area contributed by atoms with Gasteiger partial charge in [-0.25, -0.2) is 13.4 Å². The Morgan fingerprint density at radius 2 is 2.27 bits per heavy atom. The second-order valence-corrected chi connectivity index (χ2v) is 5.45. The third-order valence-corrected chi connectivity index (χ3v) is 3.03. The van der Waals surface area contributed by atoms with Gasteiger partial charge >= 0.3 is 0 Å². The highest BCUT2D eigenvalue weighted by Gasteiger charge is 2.15. The van der Waals surface area contributed by atoms with Crippen LogP contribution in [0, 0.1) is 18.8 Å². The van der Waals surface area contributed by atoms with Crippen LogP contribution in [-0.4, -0.2) is 18.0 Å². The quantitative estimate of drug-likeness (QED) is 0.600. The third-order valence-electron chi connectivity index (χ3n) is 1.86. The summed E-state index contributed by atoms with van der Waals surface area (Å²) < 4.78 is 23.7. The van der Waals surface area contributed by atoms with E-state index >= 15 is 0 Å². The van der Waals surface area contributed by atoms with Crippen LogP contribution in [0.2, 0.25) is 0 Å². The average molecular weight is 247 g/mol. The van der Waals surface area contributed by atoms with Crippen molar-refractivity contribution < 1.29 is 8.42 Å². The van der Waals surface area contributed by atoms with Crippen molar-refractivity contribution in [3.05, 3.63) is 12.0 Å². The van der Waals surface area contributed by atoms with Gasteiger partial charge in [-0.3, -0.25) is 0 Å². The molecule has 0 N–H and O–H groups in total. The summed E-state index contributed by atoms with van der Waals surface area (Å²) >= 11 is 0. The molecule has 0 amide bonds. The third kappa shape index (κ3) is 3.26. The van der Waals surface area contributed by atoms with Crippen LogP contribution in [0.4, 0.5) is 0 Å². The maximum Gasteiger partial charge on any atom is 0.280 e. The van der Waals surface area contributed by atoms with Crippen LogP contribution in [0.15, 0.2) is 11.2 Å². The van der Waals surface area contributed by atoms with E-state index in [1.54, 1.807) is 18.4 Å². The molecule has 1 heterocycles. The fraction of sp³-hybridized carbons (Fsp3) is 0.444. The molecule has 6 heteroatoms. The van der Waals surface area contributed by atoms with Crippen molar-refractivity contribution in [1.29, 1.82) is 0 Å². The van der Waals surface area contributed by atoms with E-state index in [-0.39, 0.29) is 5.03 Å². The van der Waals surface area contributed by atoms with Gasteiger partial charge in [0.05, 0.1) is 0 Å². The van der Waals surface area contributed by atoms with Crippen LogP contribution in [0.3, 0.4) is 0 Å². The second kappa shape index (κ2) is 4.69. The molecule has 0 aliphatic carbocycles. The van der Waals surface area contributed by atoms with E-state index in [1.807, 2.05) is 0 Å². The minimum absolute atomic E-state index is 0.105. The molecule has 0 radical (unpaired) electrons. The number of nitrogens with zero attached hydrogens (tertiary/aromatic N) is 2. The molecule has 1 aromatic heterocycles. The van der Waals surface area contributed by atoms with Crippen LogP contribution < -0.4 is 0 Å². The van der Waals surface area contributed by atoms with E-state index < -0.39 is 9.05 Å². The number of aromatic nitrogens is 2. The Morgan fingerprint density at radius 1 is 1.60 bits per heavy atom. The van der Waals surface area contributed by atoms with E-state index in [0.717, 1.165) is 0 Å². The lowest BCUT2D eigenvalue weighted by Gasteiger charge is -1.99. The predicted molar refractivity (Wildman–Crippen MR) is 58.1 cm³/mol. The van der Waals surface area contributed by atoms with Crippen LogP contribution in [0.1, 0.15) is 19.2 Å². The van der Waals surface area contributed by atoms with Gasteiger partial charge in [0, 0.05) is 29.8 Å². The molecule has 0 spiro atoms. The summed E-state index contributed by atoms with van der Waals surface area (Å²) in [7, 11) is 1.44. The first kappa shape index (κ1) is 12.1. The number of aryl methyl sites for hydroxylation is 2. The summed E-state index contributed by atoms with van der Waals surface area (Å²) in [6, 6.07) is 0. The van der Waals surface area contributed by atoms with Gasteiger partial charge in [0.15, 0.2) is 5.03 Å². The molecule has 0 aliphatic rings. The molecular formula is C9H11ClN2O2S. The van der Waals surface area contributed by atoms with Gasteiger partial charge in [0.25, 0.3) is 9.05 Å². The molecule has 0 aliphatic heterocycles. The van der Waals surface area contributed by atoms with E-state index in [0.29, 0.717) is 18.8 Å². The Balaban J connectivity index is 2.90. The number of hydrogen-bond donors (Lipinski definition) is 0. The molecule has 0 fully saturated rings. The Labute approximate surface area is 93.7 Å². The highest BCUT2D eigenvalue weighted by Crippen LogP contribution is 2.14. The van der Waals surface area contributed by atoms with E-state index in [2.05, 4.69) is 16.8 Å². The minimum atomic E-state index is -3.73. The highest BCUT2D eigenvalue weighted by atomic mass is 35.7. The van der Waals surface area contributed by atoms with Crippen molar-refractivity contribution in [3.63, 3.8) is 0 Å². The first-order valence-corrected chi connectivity index (χ1v) is 6.64. The van der Waals surface area contributed by atoms with Crippen molar-refractivity contribution in [2.45, 2.75) is 31.8 Å². The summed E-state index contributed by atoms with van der Waals surface area (Å²) in [6.45, 7) is 4.10. The summed E-state index contributed by atoms with van der Waals surface area (Å²) in [6.07, 6.45) is 2.09. The normalized spacial score (nSPS) is 10.9. The zero-order valence-electron chi connectivity index (χ0n) is 8.49. The van der Waals surface area contributed by atoms with Crippen LogP contribution in [-0.2, 0) is 15.6 Å². The van der Waals surface area contributed by atoms with Gasteiger partial charge < -0.3 is 4.57 Å². The first-order chi connectivity index (χ1) is 6.95. The first-order valence-electron chi connectivity index (χ1n) is 4.33. The fourth-order valence-corrected chi connectivity index (χ4v) is 1.84. The van der Waals surface area contributed by atoms with E-state index in [4.69, 9.17) is 10.7 Å². The molecule has 15 heavy (non-hydrogen) atoms. The van der Waals surface area contributed by atoms with Crippen LogP contribution in [0.25, 0.3) is 0 Å². The molecule has 0 aromatic carbocycles. The SMILES string of the molecule is CC#CCCn1cc(S(=O)(=O)Cl)nc1C. The Hall–Kier alpha value is -0.990. The molecule has 0 unspecified atom stereocenters. The van der Waals surface area contributed by atoms with Crippen molar-refractivity contribution in [2.24, 2.45) is 0 Å².